The molecule has 0 bridgehead atoms. The summed E-state index contributed by atoms with van der Waals surface area (Å²) in [4.78, 5) is 16.0. The highest BCUT2D eigenvalue weighted by molar-refractivity contribution is 5.11. The summed E-state index contributed by atoms with van der Waals surface area (Å²) in [6.45, 7) is 4.00. The minimum absolute atomic E-state index is 0. The SMILES string of the molecule is C.C.C=O.C=O. The van der Waals surface area contributed by atoms with Gasteiger partial charge in [-0.25, -0.2) is 0 Å². The van der Waals surface area contributed by atoms with Crippen molar-refractivity contribution >= 4 is 13.6 Å². The molecule has 0 aliphatic carbocycles. The second-order valence-corrected chi connectivity index (χ2v) is 0. The van der Waals surface area contributed by atoms with Crippen molar-refractivity contribution in [1.29, 1.82) is 0 Å². The summed E-state index contributed by atoms with van der Waals surface area (Å²) < 4.78 is 0. The van der Waals surface area contributed by atoms with Crippen molar-refractivity contribution < 1.29 is 9.59 Å². The van der Waals surface area contributed by atoms with Gasteiger partial charge >= 0.3 is 0 Å². The van der Waals surface area contributed by atoms with Gasteiger partial charge in [0.25, 0.3) is 0 Å². The van der Waals surface area contributed by atoms with E-state index in [9.17, 15) is 0 Å². The van der Waals surface area contributed by atoms with Crippen LogP contribution in [0.1, 0.15) is 14.9 Å². The first-order valence-electron chi connectivity index (χ1n) is 0.577. The zero-order valence-corrected chi connectivity index (χ0v) is 2.23. The summed E-state index contributed by atoms with van der Waals surface area (Å²) in [7, 11) is 0. The van der Waals surface area contributed by atoms with E-state index in [1.807, 2.05) is 13.6 Å². The van der Waals surface area contributed by atoms with Crippen molar-refractivity contribution in [1.82, 2.24) is 0 Å². The summed E-state index contributed by atoms with van der Waals surface area (Å²) in [6, 6.07) is 0. The van der Waals surface area contributed by atoms with Crippen molar-refractivity contribution in [3.05, 3.63) is 0 Å². The molecule has 0 heterocycles. The first kappa shape index (κ1) is 56.0. The average Bonchev–Trinajstić information content (AvgIpc) is 1.50. The fourth-order valence-electron chi connectivity index (χ4n) is 0. The van der Waals surface area contributed by atoms with Gasteiger partial charge in [-0.3, -0.25) is 0 Å². The molecule has 0 rings (SSSR count). The summed E-state index contributed by atoms with van der Waals surface area (Å²) in [5.41, 5.74) is 0. The van der Waals surface area contributed by atoms with Crippen LogP contribution in [0, 0.1) is 0 Å². The topological polar surface area (TPSA) is 34.1 Å². The number of hydrogen-bond donors (Lipinski definition) is 0. The summed E-state index contributed by atoms with van der Waals surface area (Å²) in [5.74, 6) is 0. The van der Waals surface area contributed by atoms with Crippen molar-refractivity contribution in [3.8, 4) is 0 Å². The molecule has 6 heavy (non-hydrogen) atoms. The van der Waals surface area contributed by atoms with Gasteiger partial charge in [0.1, 0.15) is 13.6 Å². The number of hydrogen-bond acceptors (Lipinski definition) is 2. The average molecular weight is 92.1 g/mol. The molecule has 40 valence electrons. The fourth-order valence-corrected chi connectivity index (χ4v) is 0. The van der Waals surface area contributed by atoms with Crippen LogP contribution >= 0.6 is 0 Å². The normalized spacial score (nSPS) is 1.33. The Labute approximate surface area is 39.2 Å². The van der Waals surface area contributed by atoms with Crippen molar-refractivity contribution in [2.24, 2.45) is 0 Å². The van der Waals surface area contributed by atoms with Gasteiger partial charge in [-0.1, -0.05) is 14.9 Å². The van der Waals surface area contributed by atoms with Crippen molar-refractivity contribution in [3.63, 3.8) is 0 Å². The van der Waals surface area contributed by atoms with Gasteiger partial charge in [-0.15, -0.1) is 0 Å². The Morgan fingerprint density at radius 2 is 0.667 bits per heavy atom. The Hall–Kier alpha value is -0.660. The molecule has 0 fully saturated rings. The van der Waals surface area contributed by atoms with E-state index in [1.54, 1.807) is 0 Å². The molecule has 0 radical (unpaired) electrons. The predicted octanol–water partition coefficient (Wildman–Crippen LogP) is 0.902. The molecule has 0 spiro atoms. The Bertz CT molecular complexity index is 7.51. The lowest BCUT2D eigenvalue weighted by Crippen LogP contribution is -0.925. The Balaban J connectivity index is -0.00000000500. The third kappa shape index (κ3) is 42.0. The van der Waals surface area contributed by atoms with Crippen LogP contribution in [0.4, 0.5) is 0 Å². The van der Waals surface area contributed by atoms with E-state index in [-0.39, 0.29) is 14.9 Å². The van der Waals surface area contributed by atoms with Crippen LogP contribution < -0.4 is 0 Å². The van der Waals surface area contributed by atoms with Gasteiger partial charge in [0.05, 0.1) is 0 Å². The zero-order valence-electron chi connectivity index (χ0n) is 2.23. The number of carbonyl (C=O) groups is 2. The standard InChI is InChI=1S/2CH2O.2CH4/c2*1-2;;/h2*1H2;2*1H4. The number of rotatable bonds is 0. The molecule has 0 unspecified atom stereocenters. The third-order valence-corrected chi connectivity index (χ3v) is 0. The molecule has 0 aliphatic heterocycles. The molecule has 2 nitrogen and oxygen atoms in total. The van der Waals surface area contributed by atoms with Crippen LogP contribution in [-0.2, 0) is 9.59 Å². The molecule has 0 atom stereocenters. The number of carbonyl (C=O) groups excluding carboxylic acids is 2. The fraction of sp³-hybridized carbons (Fsp3) is 0.500. The Morgan fingerprint density at radius 1 is 0.667 bits per heavy atom. The summed E-state index contributed by atoms with van der Waals surface area (Å²) >= 11 is 0. The minimum Gasteiger partial charge on any atom is -0.307 e. The molecule has 0 aromatic carbocycles. The maximum absolute atomic E-state index is 8.00. The lowest BCUT2D eigenvalue weighted by molar-refractivity contribution is -0.0987. The maximum Gasteiger partial charge on any atom is 0.106 e. The zero-order chi connectivity index (χ0) is 4.00. The van der Waals surface area contributed by atoms with Crippen LogP contribution in [-0.4, -0.2) is 13.6 Å². The van der Waals surface area contributed by atoms with Crippen LogP contribution in [0.2, 0.25) is 0 Å². The first-order valence-corrected chi connectivity index (χ1v) is 0.577. The molecule has 0 saturated carbocycles. The molecule has 2 heteroatoms. The Kier molecular flexibility index (Phi) is 1040. The minimum atomic E-state index is 0. The summed E-state index contributed by atoms with van der Waals surface area (Å²) in [5, 5.41) is 0. The van der Waals surface area contributed by atoms with Crippen LogP contribution in [0.5, 0.6) is 0 Å². The van der Waals surface area contributed by atoms with Crippen LogP contribution in [0.25, 0.3) is 0 Å². The van der Waals surface area contributed by atoms with Gasteiger partial charge in [0, 0.05) is 0 Å². The smallest absolute Gasteiger partial charge is 0.106 e. The second kappa shape index (κ2) is 111. The Morgan fingerprint density at radius 3 is 0.667 bits per heavy atom. The van der Waals surface area contributed by atoms with Crippen LogP contribution in [0.15, 0.2) is 0 Å². The molecular weight excluding hydrogens is 80.0 g/mol. The van der Waals surface area contributed by atoms with E-state index < -0.39 is 0 Å². The largest absolute Gasteiger partial charge is 0.307 e. The van der Waals surface area contributed by atoms with Crippen LogP contribution in [0.3, 0.4) is 0 Å². The second-order valence-electron chi connectivity index (χ2n) is 0. The molecular formula is C4H12O2. The first-order chi connectivity index (χ1) is 2.00. The van der Waals surface area contributed by atoms with Gasteiger partial charge in [-0.05, 0) is 0 Å². The lowest BCUT2D eigenvalue weighted by Gasteiger charge is -0.837. The lowest BCUT2D eigenvalue weighted by atomic mass is 11.9. The molecule has 0 aliphatic rings. The molecule has 0 amide bonds. The molecule has 0 saturated heterocycles. The third-order valence-electron chi connectivity index (χ3n) is 0. The highest BCUT2D eigenvalue weighted by atomic mass is 16.1. The van der Waals surface area contributed by atoms with Gasteiger partial charge < -0.3 is 9.59 Å². The van der Waals surface area contributed by atoms with E-state index in [0.717, 1.165) is 0 Å². The van der Waals surface area contributed by atoms with E-state index in [4.69, 9.17) is 9.59 Å². The van der Waals surface area contributed by atoms with E-state index >= 15 is 0 Å². The molecule has 0 N–H and O–H groups in total. The van der Waals surface area contributed by atoms with E-state index in [2.05, 4.69) is 0 Å². The van der Waals surface area contributed by atoms with Crippen molar-refractivity contribution in [2.45, 2.75) is 14.9 Å². The quantitative estimate of drug-likeness (QED) is 0.445. The van der Waals surface area contributed by atoms with Crippen molar-refractivity contribution in [2.75, 3.05) is 0 Å². The molecule has 0 aromatic rings. The van der Waals surface area contributed by atoms with Gasteiger partial charge in [0.15, 0.2) is 0 Å². The monoisotopic (exact) mass is 92.1 g/mol. The van der Waals surface area contributed by atoms with E-state index in [0.29, 0.717) is 0 Å². The summed E-state index contributed by atoms with van der Waals surface area (Å²) in [6.07, 6.45) is 0. The molecule has 0 aromatic heterocycles. The van der Waals surface area contributed by atoms with Gasteiger partial charge in [-0.2, -0.15) is 0 Å². The van der Waals surface area contributed by atoms with E-state index in [1.165, 1.54) is 0 Å². The highest BCUT2D eigenvalue weighted by Gasteiger charge is 0.638. The highest BCUT2D eigenvalue weighted by Crippen LogP contribution is 0.496. The van der Waals surface area contributed by atoms with Gasteiger partial charge in [0.2, 0.25) is 0 Å². The predicted molar refractivity (Wildman–Crippen MR) is 27.7 cm³/mol. The maximum atomic E-state index is 8.00.